The van der Waals surface area contributed by atoms with Crippen LogP contribution in [0.5, 0.6) is 0 Å². The highest BCUT2D eigenvalue weighted by molar-refractivity contribution is 5.33. The van der Waals surface area contributed by atoms with Crippen molar-refractivity contribution in [3.8, 4) is 0 Å². The van der Waals surface area contributed by atoms with Crippen molar-refractivity contribution in [1.29, 1.82) is 0 Å². The standard InChI is InChI=1S/C29H25N2/c1-5-13-24(14-6-1)28(25-15-7-2-8-16-25)30-21-22-31(23-30)29(26-17-9-3-10-18-26)27-19-11-4-12-20-27/h1-23,28-29H/q+1. The molecule has 0 amide bonds. The molecule has 1 aromatic heterocycles. The number of hydrogen-bond donors (Lipinski definition) is 0. The van der Waals surface area contributed by atoms with Crippen molar-refractivity contribution in [2.45, 2.75) is 12.1 Å². The van der Waals surface area contributed by atoms with Crippen LogP contribution in [0.15, 0.2) is 140 Å². The molecule has 2 heteroatoms. The topological polar surface area (TPSA) is 8.81 Å². The number of aromatic nitrogens is 2. The molecular weight excluding hydrogens is 376 g/mol. The summed E-state index contributed by atoms with van der Waals surface area (Å²) >= 11 is 0. The molecule has 0 unspecified atom stereocenters. The minimum atomic E-state index is 0.121. The first kappa shape index (κ1) is 19.1. The van der Waals surface area contributed by atoms with E-state index in [0.29, 0.717) is 0 Å². The SMILES string of the molecule is c1ccc(C(c2ccccc2)n2cc[n+](C(c3ccccc3)c3ccccc3)c2)cc1. The Morgan fingerprint density at radius 1 is 0.484 bits per heavy atom. The van der Waals surface area contributed by atoms with E-state index >= 15 is 0 Å². The maximum atomic E-state index is 2.31. The summed E-state index contributed by atoms with van der Waals surface area (Å²) in [7, 11) is 0. The average Bonchev–Trinajstić information content (AvgIpc) is 3.31. The lowest BCUT2D eigenvalue weighted by atomic mass is 9.98. The summed E-state index contributed by atoms with van der Waals surface area (Å²) in [5, 5.41) is 0. The molecule has 0 saturated heterocycles. The fraction of sp³-hybridized carbons (Fsp3) is 0.0690. The minimum Gasteiger partial charge on any atom is -0.226 e. The average molecular weight is 402 g/mol. The van der Waals surface area contributed by atoms with E-state index in [0.717, 1.165) is 0 Å². The fourth-order valence-corrected chi connectivity index (χ4v) is 4.31. The Balaban J connectivity index is 1.61. The third-order valence-corrected chi connectivity index (χ3v) is 5.74. The van der Waals surface area contributed by atoms with Crippen molar-refractivity contribution in [1.82, 2.24) is 4.57 Å². The van der Waals surface area contributed by atoms with Crippen LogP contribution in [0.2, 0.25) is 0 Å². The molecule has 0 spiro atoms. The highest BCUT2D eigenvalue weighted by atomic mass is 15.1. The summed E-state index contributed by atoms with van der Waals surface area (Å²) < 4.78 is 4.62. The van der Waals surface area contributed by atoms with Crippen LogP contribution < -0.4 is 4.57 Å². The second-order valence-corrected chi connectivity index (χ2v) is 7.76. The van der Waals surface area contributed by atoms with Crippen LogP contribution in [0.25, 0.3) is 0 Å². The largest absolute Gasteiger partial charge is 0.245 e. The highest BCUT2D eigenvalue weighted by Crippen LogP contribution is 2.27. The van der Waals surface area contributed by atoms with E-state index in [1.165, 1.54) is 22.3 Å². The van der Waals surface area contributed by atoms with E-state index in [-0.39, 0.29) is 12.1 Å². The Morgan fingerprint density at radius 2 is 0.871 bits per heavy atom. The van der Waals surface area contributed by atoms with Crippen molar-refractivity contribution in [3.05, 3.63) is 162 Å². The van der Waals surface area contributed by atoms with Gasteiger partial charge in [0.15, 0.2) is 12.1 Å². The maximum Gasteiger partial charge on any atom is 0.245 e. The number of benzene rings is 4. The van der Waals surface area contributed by atoms with Crippen LogP contribution in [0, 0.1) is 0 Å². The summed E-state index contributed by atoms with van der Waals surface area (Å²) in [4.78, 5) is 0. The lowest BCUT2D eigenvalue weighted by Gasteiger charge is -2.17. The van der Waals surface area contributed by atoms with Gasteiger partial charge in [-0.1, -0.05) is 121 Å². The van der Waals surface area contributed by atoms with Gasteiger partial charge in [0.2, 0.25) is 6.33 Å². The van der Waals surface area contributed by atoms with Crippen molar-refractivity contribution in [2.24, 2.45) is 0 Å². The molecule has 0 fully saturated rings. The summed E-state index contributed by atoms with van der Waals surface area (Å²) in [5.41, 5.74) is 5.08. The smallest absolute Gasteiger partial charge is 0.226 e. The van der Waals surface area contributed by atoms with Gasteiger partial charge >= 0.3 is 0 Å². The molecule has 0 aliphatic heterocycles. The predicted molar refractivity (Wildman–Crippen MR) is 125 cm³/mol. The van der Waals surface area contributed by atoms with Crippen molar-refractivity contribution < 1.29 is 4.57 Å². The van der Waals surface area contributed by atoms with Crippen LogP contribution in [-0.2, 0) is 0 Å². The highest BCUT2D eigenvalue weighted by Gasteiger charge is 2.25. The van der Waals surface area contributed by atoms with Gasteiger partial charge in [0.05, 0.1) is 0 Å². The zero-order chi connectivity index (χ0) is 20.9. The van der Waals surface area contributed by atoms with Crippen molar-refractivity contribution in [2.75, 3.05) is 0 Å². The van der Waals surface area contributed by atoms with E-state index in [4.69, 9.17) is 0 Å². The number of nitrogens with zero attached hydrogens (tertiary/aromatic N) is 2. The molecule has 5 aromatic rings. The Bertz CT molecular complexity index is 1040. The molecule has 5 rings (SSSR count). The molecule has 0 aliphatic rings. The molecule has 31 heavy (non-hydrogen) atoms. The molecule has 0 N–H and O–H groups in total. The molecular formula is C29H25N2+. The second-order valence-electron chi connectivity index (χ2n) is 7.76. The summed E-state index contributed by atoms with van der Waals surface area (Å²) in [6.45, 7) is 0. The number of hydrogen-bond acceptors (Lipinski definition) is 0. The van der Waals surface area contributed by atoms with Crippen LogP contribution in [0.4, 0.5) is 0 Å². The maximum absolute atomic E-state index is 2.31. The van der Waals surface area contributed by atoms with Gasteiger partial charge in [-0.3, -0.25) is 0 Å². The van der Waals surface area contributed by atoms with Crippen LogP contribution in [-0.4, -0.2) is 4.57 Å². The van der Waals surface area contributed by atoms with Gasteiger partial charge < -0.3 is 0 Å². The van der Waals surface area contributed by atoms with Gasteiger partial charge in [-0.2, -0.15) is 0 Å². The van der Waals surface area contributed by atoms with Gasteiger partial charge in [-0.25, -0.2) is 9.13 Å². The van der Waals surface area contributed by atoms with Gasteiger partial charge in [0.25, 0.3) is 0 Å². The Labute approximate surface area is 183 Å². The van der Waals surface area contributed by atoms with E-state index in [1.807, 2.05) is 0 Å². The minimum absolute atomic E-state index is 0.121. The molecule has 1 heterocycles. The first-order valence-corrected chi connectivity index (χ1v) is 10.7. The van der Waals surface area contributed by atoms with E-state index in [1.54, 1.807) is 0 Å². The second kappa shape index (κ2) is 8.85. The monoisotopic (exact) mass is 401 g/mol. The molecule has 0 bridgehead atoms. The third kappa shape index (κ3) is 4.06. The Kier molecular flexibility index (Phi) is 5.44. The van der Waals surface area contributed by atoms with Crippen LogP contribution >= 0.6 is 0 Å². The lowest BCUT2D eigenvalue weighted by molar-refractivity contribution is -0.704. The number of imidazole rings is 1. The molecule has 2 nitrogen and oxygen atoms in total. The van der Waals surface area contributed by atoms with Gasteiger partial charge in [0.1, 0.15) is 12.4 Å². The van der Waals surface area contributed by atoms with Crippen molar-refractivity contribution >= 4 is 0 Å². The van der Waals surface area contributed by atoms with E-state index in [2.05, 4.69) is 149 Å². The van der Waals surface area contributed by atoms with Gasteiger partial charge in [-0.05, 0) is 0 Å². The molecule has 150 valence electrons. The molecule has 0 radical (unpaired) electrons. The molecule has 0 atom stereocenters. The van der Waals surface area contributed by atoms with E-state index < -0.39 is 0 Å². The molecule has 4 aromatic carbocycles. The van der Waals surface area contributed by atoms with E-state index in [9.17, 15) is 0 Å². The predicted octanol–water partition coefficient (Wildman–Crippen LogP) is 6.05. The van der Waals surface area contributed by atoms with Gasteiger partial charge in [-0.15, -0.1) is 0 Å². The summed E-state index contributed by atoms with van der Waals surface area (Å²) in [6.07, 6.45) is 6.60. The first-order valence-electron chi connectivity index (χ1n) is 10.7. The first-order chi connectivity index (χ1) is 15.4. The number of rotatable bonds is 6. The van der Waals surface area contributed by atoms with Crippen LogP contribution in [0.1, 0.15) is 34.3 Å². The zero-order valence-corrected chi connectivity index (χ0v) is 17.3. The normalized spacial score (nSPS) is 11.2. The lowest BCUT2D eigenvalue weighted by Crippen LogP contribution is -2.39. The molecule has 0 saturated carbocycles. The Morgan fingerprint density at radius 3 is 1.29 bits per heavy atom. The zero-order valence-electron chi connectivity index (χ0n) is 17.3. The quantitative estimate of drug-likeness (QED) is 0.306. The van der Waals surface area contributed by atoms with Crippen LogP contribution in [0.3, 0.4) is 0 Å². The summed E-state index contributed by atoms with van der Waals surface area (Å²) in [6, 6.07) is 43.0. The van der Waals surface area contributed by atoms with Gasteiger partial charge in [0, 0.05) is 22.3 Å². The van der Waals surface area contributed by atoms with Crippen molar-refractivity contribution in [3.63, 3.8) is 0 Å². The fourth-order valence-electron chi connectivity index (χ4n) is 4.31. The Hall–Kier alpha value is -3.91. The molecule has 0 aliphatic carbocycles. The summed E-state index contributed by atoms with van der Waals surface area (Å²) in [5.74, 6) is 0. The third-order valence-electron chi connectivity index (χ3n) is 5.74.